The van der Waals surface area contributed by atoms with Crippen LogP contribution in [0.5, 0.6) is 0 Å². The molecule has 0 aliphatic carbocycles. The number of aromatic nitrogens is 3. The molecule has 3 aromatic rings. The number of hydrogen-bond donors (Lipinski definition) is 0. The highest BCUT2D eigenvalue weighted by atomic mass is 16.2. The van der Waals surface area contributed by atoms with Crippen molar-refractivity contribution in [1.82, 2.24) is 14.3 Å². The molecule has 0 saturated carbocycles. The first-order valence-electron chi connectivity index (χ1n) is 6.45. The van der Waals surface area contributed by atoms with Gasteiger partial charge >= 0.3 is 5.69 Å². The fraction of sp³-hybridized carbons (Fsp3) is 0.125. The molecule has 3 rings (SSSR count). The normalized spacial score (nSPS) is 10.7. The highest BCUT2D eigenvalue weighted by molar-refractivity contribution is 5.55. The third kappa shape index (κ3) is 2.05. The fourth-order valence-corrected chi connectivity index (χ4v) is 2.13. The standard InChI is InChI=1S/C16H15N3O/c1-12-8-10-14(11-9-12)19-16(20)18(2)15(17-19)13-6-4-3-5-7-13/h3-11H,1-2H3. The SMILES string of the molecule is Cc1ccc(-n2nc(-c3ccccc3)n(C)c2=O)cc1. The molecular formula is C16H15N3O. The Hall–Kier alpha value is -2.62. The average molecular weight is 265 g/mol. The van der Waals surface area contributed by atoms with Crippen molar-refractivity contribution in [2.45, 2.75) is 6.92 Å². The number of rotatable bonds is 2. The van der Waals surface area contributed by atoms with Crippen LogP contribution in [0.25, 0.3) is 17.1 Å². The minimum atomic E-state index is -0.146. The average Bonchev–Trinajstić information content (AvgIpc) is 2.77. The molecule has 4 heteroatoms. The van der Waals surface area contributed by atoms with Crippen molar-refractivity contribution in [3.05, 3.63) is 70.6 Å². The quantitative estimate of drug-likeness (QED) is 0.714. The lowest BCUT2D eigenvalue weighted by atomic mass is 10.2. The Morgan fingerprint density at radius 3 is 2.25 bits per heavy atom. The van der Waals surface area contributed by atoms with Gasteiger partial charge in [0.15, 0.2) is 5.82 Å². The molecule has 0 bridgehead atoms. The molecule has 20 heavy (non-hydrogen) atoms. The number of aryl methyl sites for hydroxylation is 1. The van der Waals surface area contributed by atoms with Crippen LogP contribution >= 0.6 is 0 Å². The van der Waals surface area contributed by atoms with E-state index in [2.05, 4.69) is 5.10 Å². The Kier molecular flexibility index (Phi) is 2.99. The Morgan fingerprint density at radius 2 is 1.60 bits per heavy atom. The molecule has 0 radical (unpaired) electrons. The van der Waals surface area contributed by atoms with E-state index in [1.54, 1.807) is 11.6 Å². The molecule has 0 fully saturated rings. The van der Waals surface area contributed by atoms with E-state index in [9.17, 15) is 4.79 Å². The van der Waals surface area contributed by atoms with Gasteiger partial charge in [0, 0.05) is 12.6 Å². The molecule has 0 unspecified atom stereocenters. The Labute approximate surface area is 116 Å². The molecular weight excluding hydrogens is 250 g/mol. The summed E-state index contributed by atoms with van der Waals surface area (Å²) in [7, 11) is 1.74. The van der Waals surface area contributed by atoms with Crippen molar-refractivity contribution in [3.8, 4) is 17.1 Å². The second-order valence-electron chi connectivity index (χ2n) is 4.78. The van der Waals surface area contributed by atoms with Gasteiger partial charge in [-0.2, -0.15) is 4.68 Å². The van der Waals surface area contributed by atoms with Crippen LogP contribution in [0, 0.1) is 6.92 Å². The van der Waals surface area contributed by atoms with Gasteiger partial charge in [0.1, 0.15) is 0 Å². The van der Waals surface area contributed by atoms with Crippen LogP contribution in [0.3, 0.4) is 0 Å². The molecule has 4 nitrogen and oxygen atoms in total. The second-order valence-corrected chi connectivity index (χ2v) is 4.78. The maximum absolute atomic E-state index is 12.3. The third-order valence-corrected chi connectivity index (χ3v) is 3.29. The summed E-state index contributed by atoms with van der Waals surface area (Å²) in [5.41, 5.74) is 2.71. The molecule has 0 atom stereocenters. The van der Waals surface area contributed by atoms with Crippen LogP contribution in [-0.2, 0) is 7.05 Å². The van der Waals surface area contributed by atoms with Crippen LogP contribution in [0.1, 0.15) is 5.56 Å². The highest BCUT2D eigenvalue weighted by Crippen LogP contribution is 2.15. The Balaban J connectivity index is 2.16. The Morgan fingerprint density at radius 1 is 0.950 bits per heavy atom. The molecule has 1 heterocycles. The zero-order valence-corrected chi connectivity index (χ0v) is 11.4. The minimum Gasteiger partial charge on any atom is -0.278 e. The first kappa shape index (κ1) is 12.4. The first-order chi connectivity index (χ1) is 9.66. The zero-order chi connectivity index (χ0) is 14.1. The zero-order valence-electron chi connectivity index (χ0n) is 11.4. The molecule has 1 aromatic heterocycles. The van der Waals surface area contributed by atoms with Crippen LogP contribution in [0.2, 0.25) is 0 Å². The van der Waals surface area contributed by atoms with E-state index < -0.39 is 0 Å². The van der Waals surface area contributed by atoms with Gasteiger partial charge in [0.25, 0.3) is 0 Å². The van der Waals surface area contributed by atoms with Crippen LogP contribution < -0.4 is 5.69 Å². The molecule has 100 valence electrons. The molecule has 0 aliphatic heterocycles. The van der Waals surface area contributed by atoms with Crippen LogP contribution in [0.15, 0.2) is 59.4 Å². The molecule has 0 saturated heterocycles. The summed E-state index contributed by atoms with van der Waals surface area (Å²) < 4.78 is 3.00. The van der Waals surface area contributed by atoms with E-state index in [-0.39, 0.29) is 5.69 Å². The molecule has 0 amide bonds. The summed E-state index contributed by atoms with van der Waals surface area (Å²) in [6.07, 6.45) is 0. The predicted octanol–water partition coefficient (Wildman–Crippen LogP) is 2.55. The van der Waals surface area contributed by atoms with E-state index in [1.165, 1.54) is 4.68 Å². The molecule has 0 spiro atoms. The summed E-state index contributed by atoms with van der Waals surface area (Å²) in [5, 5.41) is 4.45. The lowest BCUT2D eigenvalue weighted by molar-refractivity contribution is 0.799. The summed E-state index contributed by atoms with van der Waals surface area (Å²) >= 11 is 0. The summed E-state index contributed by atoms with van der Waals surface area (Å²) in [6.45, 7) is 2.01. The maximum Gasteiger partial charge on any atom is 0.350 e. The van der Waals surface area contributed by atoms with Crippen molar-refractivity contribution < 1.29 is 0 Å². The summed E-state index contributed by atoms with van der Waals surface area (Å²) in [4.78, 5) is 12.3. The number of nitrogens with zero attached hydrogens (tertiary/aromatic N) is 3. The number of hydrogen-bond acceptors (Lipinski definition) is 2. The third-order valence-electron chi connectivity index (χ3n) is 3.29. The van der Waals surface area contributed by atoms with Crippen molar-refractivity contribution >= 4 is 0 Å². The lowest BCUT2D eigenvalue weighted by Gasteiger charge is -1.99. The smallest absolute Gasteiger partial charge is 0.278 e. The van der Waals surface area contributed by atoms with Crippen molar-refractivity contribution in [1.29, 1.82) is 0 Å². The minimum absolute atomic E-state index is 0.146. The maximum atomic E-state index is 12.3. The van der Waals surface area contributed by atoms with Crippen molar-refractivity contribution in [3.63, 3.8) is 0 Å². The molecule has 0 aliphatic rings. The topological polar surface area (TPSA) is 39.8 Å². The van der Waals surface area contributed by atoms with Gasteiger partial charge in [-0.05, 0) is 19.1 Å². The van der Waals surface area contributed by atoms with Gasteiger partial charge in [-0.3, -0.25) is 4.57 Å². The van der Waals surface area contributed by atoms with Gasteiger partial charge in [-0.15, -0.1) is 5.10 Å². The molecule has 2 aromatic carbocycles. The van der Waals surface area contributed by atoms with Gasteiger partial charge in [0.05, 0.1) is 5.69 Å². The van der Waals surface area contributed by atoms with Crippen molar-refractivity contribution in [2.24, 2.45) is 7.05 Å². The number of benzene rings is 2. The van der Waals surface area contributed by atoms with Gasteiger partial charge < -0.3 is 0 Å². The highest BCUT2D eigenvalue weighted by Gasteiger charge is 2.12. The van der Waals surface area contributed by atoms with E-state index in [4.69, 9.17) is 0 Å². The summed E-state index contributed by atoms with van der Waals surface area (Å²) in [6, 6.07) is 17.4. The van der Waals surface area contributed by atoms with E-state index >= 15 is 0 Å². The van der Waals surface area contributed by atoms with Crippen LogP contribution in [-0.4, -0.2) is 14.3 Å². The lowest BCUT2D eigenvalue weighted by Crippen LogP contribution is -2.21. The van der Waals surface area contributed by atoms with E-state index in [0.29, 0.717) is 5.82 Å². The first-order valence-corrected chi connectivity index (χ1v) is 6.45. The fourth-order valence-electron chi connectivity index (χ4n) is 2.13. The van der Waals surface area contributed by atoms with Gasteiger partial charge in [-0.25, -0.2) is 4.79 Å². The largest absolute Gasteiger partial charge is 0.350 e. The predicted molar refractivity (Wildman–Crippen MR) is 79.0 cm³/mol. The molecule has 0 N–H and O–H groups in total. The van der Waals surface area contributed by atoms with Gasteiger partial charge in [0.2, 0.25) is 0 Å². The van der Waals surface area contributed by atoms with E-state index in [0.717, 1.165) is 16.8 Å². The van der Waals surface area contributed by atoms with E-state index in [1.807, 2.05) is 61.5 Å². The second kappa shape index (κ2) is 4.81. The van der Waals surface area contributed by atoms with Gasteiger partial charge in [-0.1, -0.05) is 48.0 Å². The Bertz CT molecular complexity index is 783. The van der Waals surface area contributed by atoms with Crippen LogP contribution in [0.4, 0.5) is 0 Å². The summed E-state index contributed by atoms with van der Waals surface area (Å²) in [5.74, 6) is 0.663. The monoisotopic (exact) mass is 265 g/mol. The van der Waals surface area contributed by atoms with Crippen molar-refractivity contribution in [2.75, 3.05) is 0 Å².